The first-order chi connectivity index (χ1) is 22.7. The number of ether oxygens (including phenoxy) is 1. The molecule has 4 aromatic rings. The number of nitrogens with zero attached hydrogens (tertiary/aromatic N) is 2. The molecule has 1 aromatic heterocycles. The summed E-state index contributed by atoms with van der Waals surface area (Å²) in [6.07, 6.45) is 1.67. The van der Waals surface area contributed by atoms with Gasteiger partial charge in [-0.2, -0.15) is 0 Å². The SMILES string of the molecule is Cc1c(NC(=O)c2ccc(C(C)(C)C)cc2)cc(C(Cl)C(N)=O)cc1-c1cc(Nc2ccc(C(=O)N3CCOCC3)cc2)c(=O)n(C)c1. The summed E-state index contributed by atoms with van der Waals surface area (Å²) in [5.41, 5.74) is 11.1. The van der Waals surface area contributed by atoms with Crippen LogP contribution in [0, 0.1) is 6.92 Å². The Hall–Kier alpha value is -4.93. The number of benzene rings is 3. The zero-order valence-electron chi connectivity index (χ0n) is 27.7. The number of morpholine rings is 1. The molecular weight excluding hydrogens is 630 g/mol. The second kappa shape index (κ2) is 14.0. The Morgan fingerprint density at radius 2 is 1.54 bits per heavy atom. The third kappa shape index (κ3) is 7.61. The predicted octanol–water partition coefficient (Wildman–Crippen LogP) is 5.89. The fourth-order valence-electron chi connectivity index (χ4n) is 5.54. The van der Waals surface area contributed by atoms with Crippen LogP contribution >= 0.6 is 11.6 Å². The summed E-state index contributed by atoms with van der Waals surface area (Å²) in [7, 11) is 1.64. The first-order valence-electron chi connectivity index (χ1n) is 15.7. The lowest BCUT2D eigenvalue weighted by molar-refractivity contribution is -0.117. The molecule has 3 aromatic carbocycles. The van der Waals surface area contributed by atoms with E-state index in [1.165, 1.54) is 4.57 Å². The van der Waals surface area contributed by atoms with Gasteiger partial charge in [-0.25, -0.2) is 0 Å². The molecule has 1 atom stereocenters. The topological polar surface area (TPSA) is 136 Å². The maximum atomic E-state index is 13.4. The molecular formula is C37H40ClN5O5. The molecule has 1 aliphatic heterocycles. The third-order valence-electron chi connectivity index (χ3n) is 8.44. The molecule has 2 heterocycles. The van der Waals surface area contributed by atoms with Crippen molar-refractivity contribution in [3.8, 4) is 11.1 Å². The van der Waals surface area contributed by atoms with E-state index in [0.29, 0.717) is 71.1 Å². The average Bonchev–Trinajstić information content (AvgIpc) is 3.07. The molecule has 1 aliphatic rings. The number of rotatable bonds is 8. The van der Waals surface area contributed by atoms with Crippen molar-refractivity contribution < 1.29 is 19.1 Å². The standard InChI is InChI=1S/C37H40ClN5O5/c1-22-29(18-25(32(38)33(39)44)19-30(22)41-34(45)23-6-10-27(11-7-23)37(2,3)4)26-20-31(36(47)42(5)21-26)40-28-12-8-24(9-13-28)35(46)43-14-16-48-17-15-43/h6-13,18-21,32,40H,14-17H2,1-5H3,(H2,39,44)(H,41,45). The van der Waals surface area contributed by atoms with Crippen molar-refractivity contribution in [1.29, 1.82) is 0 Å². The van der Waals surface area contributed by atoms with Gasteiger partial charge in [-0.3, -0.25) is 19.2 Å². The summed E-state index contributed by atoms with van der Waals surface area (Å²) >= 11 is 6.43. The van der Waals surface area contributed by atoms with E-state index in [2.05, 4.69) is 31.4 Å². The number of carbonyl (C=O) groups excluding carboxylic acids is 3. The number of nitrogens with one attached hydrogen (secondary N) is 2. The molecule has 0 radical (unpaired) electrons. The van der Waals surface area contributed by atoms with Crippen molar-refractivity contribution in [2.75, 3.05) is 36.9 Å². The van der Waals surface area contributed by atoms with Gasteiger partial charge in [0.15, 0.2) is 0 Å². The van der Waals surface area contributed by atoms with Crippen LogP contribution in [0.25, 0.3) is 11.1 Å². The summed E-state index contributed by atoms with van der Waals surface area (Å²) < 4.78 is 6.79. The van der Waals surface area contributed by atoms with Crippen LogP contribution in [0.15, 0.2) is 77.7 Å². The molecule has 5 rings (SSSR count). The van der Waals surface area contributed by atoms with E-state index in [1.54, 1.807) is 72.7 Å². The van der Waals surface area contributed by atoms with Crippen molar-refractivity contribution in [2.24, 2.45) is 12.8 Å². The van der Waals surface area contributed by atoms with Crippen molar-refractivity contribution in [1.82, 2.24) is 9.47 Å². The minimum absolute atomic E-state index is 0.0615. The van der Waals surface area contributed by atoms with E-state index < -0.39 is 11.3 Å². The van der Waals surface area contributed by atoms with Gasteiger partial charge in [0.25, 0.3) is 17.4 Å². The molecule has 48 heavy (non-hydrogen) atoms. The van der Waals surface area contributed by atoms with Crippen molar-refractivity contribution in [3.63, 3.8) is 0 Å². The Labute approximate surface area is 284 Å². The largest absolute Gasteiger partial charge is 0.378 e. The second-order valence-corrected chi connectivity index (χ2v) is 13.4. The quantitative estimate of drug-likeness (QED) is 0.200. The zero-order chi connectivity index (χ0) is 34.7. The Morgan fingerprint density at radius 3 is 2.15 bits per heavy atom. The normalized spacial score (nSPS) is 13.9. The molecule has 0 saturated carbocycles. The van der Waals surface area contributed by atoms with Gasteiger partial charge in [0, 0.05) is 54.4 Å². The number of nitrogens with two attached hydrogens (primary N) is 1. The molecule has 1 saturated heterocycles. The highest BCUT2D eigenvalue weighted by atomic mass is 35.5. The Bertz CT molecular complexity index is 1910. The summed E-state index contributed by atoms with van der Waals surface area (Å²) in [6, 6.07) is 19.4. The fourth-order valence-corrected chi connectivity index (χ4v) is 5.67. The van der Waals surface area contributed by atoms with Gasteiger partial charge in [0.1, 0.15) is 11.1 Å². The predicted molar refractivity (Wildman–Crippen MR) is 189 cm³/mol. The van der Waals surface area contributed by atoms with Crippen molar-refractivity contribution in [2.45, 2.75) is 38.5 Å². The number of alkyl halides is 1. The monoisotopic (exact) mass is 669 g/mol. The maximum Gasteiger partial charge on any atom is 0.274 e. The Kier molecular flexibility index (Phi) is 10.1. The molecule has 3 amide bonds. The van der Waals surface area contributed by atoms with Crippen molar-refractivity contribution >= 4 is 46.4 Å². The van der Waals surface area contributed by atoms with E-state index in [4.69, 9.17) is 22.1 Å². The number of hydrogen-bond acceptors (Lipinski definition) is 6. The summed E-state index contributed by atoms with van der Waals surface area (Å²) in [5, 5.41) is 5.00. The van der Waals surface area contributed by atoms with Gasteiger partial charge in [-0.15, -0.1) is 11.6 Å². The van der Waals surface area contributed by atoms with Gasteiger partial charge >= 0.3 is 0 Å². The highest BCUT2D eigenvalue weighted by Gasteiger charge is 2.22. The average molecular weight is 670 g/mol. The summed E-state index contributed by atoms with van der Waals surface area (Å²) in [6.45, 7) is 10.3. The number of amides is 3. The molecule has 4 N–H and O–H groups in total. The molecule has 0 spiro atoms. The highest BCUT2D eigenvalue weighted by Crippen LogP contribution is 2.35. The van der Waals surface area contributed by atoms with Crippen LogP contribution in [-0.2, 0) is 22.0 Å². The van der Waals surface area contributed by atoms with Crippen LogP contribution in [-0.4, -0.2) is 53.5 Å². The minimum Gasteiger partial charge on any atom is -0.378 e. The molecule has 10 nitrogen and oxygen atoms in total. The van der Waals surface area contributed by atoms with Crippen LogP contribution in [0.2, 0.25) is 0 Å². The molecule has 0 aliphatic carbocycles. The Balaban J connectivity index is 1.47. The van der Waals surface area contributed by atoms with E-state index in [9.17, 15) is 19.2 Å². The smallest absolute Gasteiger partial charge is 0.274 e. The number of halogens is 1. The lowest BCUT2D eigenvalue weighted by Gasteiger charge is -2.26. The molecule has 250 valence electrons. The van der Waals surface area contributed by atoms with Gasteiger partial charge in [0.2, 0.25) is 5.91 Å². The van der Waals surface area contributed by atoms with Crippen LogP contribution in [0.4, 0.5) is 17.1 Å². The lowest BCUT2D eigenvalue weighted by Crippen LogP contribution is -2.40. The fraction of sp³-hybridized carbons (Fsp3) is 0.297. The summed E-state index contributed by atoms with van der Waals surface area (Å²) in [4.78, 5) is 53.4. The van der Waals surface area contributed by atoms with E-state index in [0.717, 1.165) is 5.56 Å². The van der Waals surface area contributed by atoms with E-state index in [-0.39, 0.29) is 28.5 Å². The lowest BCUT2D eigenvalue weighted by atomic mass is 9.86. The van der Waals surface area contributed by atoms with E-state index >= 15 is 0 Å². The number of aryl methyl sites for hydroxylation is 1. The van der Waals surface area contributed by atoms with Crippen LogP contribution in [0.3, 0.4) is 0 Å². The number of primary amides is 1. The second-order valence-electron chi connectivity index (χ2n) is 13.0. The molecule has 0 bridgehead atoms. The Morgan fingerprint density at radius 1 is 0.917 bits per heavy atom. The van der Waals surface area contributed by atoms with Gasteiger partial charge in [0.05, 0.1) is 13.2 Å². The number of carbonyl (C=O) groups is 3. The molecule has 11 heteroatoms. The van der Waals surface area contributed by atoms with E-state index in [1.807, 2.05) is 19.1 Å². The van der Waals surface area contributed by atoms with Crippen LogP contribution in [0.1, 0.15) is 63.6 Å². The number of aromatic nitrogens is 1. The van der Waals surface area contributed by atoms with Gasteiger partial charge in [-0.05, 0) is 89.2 Å². The first-order valence-corrected chi connectivity index (χ1v) is 16.1. The first kappa shape index (κ1) is 34.4. The third-order valence-corrected chi connectivity index (χ3v) is 8.90. The number of hydrogen-bond donors (Lipinski definition) is 3. The van der Waals surface area contributed by atoms with Gasteiger partial charge in [-0.1, -0.05) is 32.9 Å². The van der Waals surface area contributed by atoms with Gasteiger partial charge < -0.3 is 30.6 Å². The number of pyridine rings is 1. The van der Waals surface area contributed by atoms with Crippen molar-refractivity contribution in [3.05, 3.63) is 111 Å². The summed E-state index contributed by atoms with van der Waals surface area (Å²) in [5.74, 6) is -1.14. The molecule has 1 fully saturated rings. The molecule has 1 unspecified atom stereocenters. The zero-order valence-corrected chi connectivity index (χ0v) is 28.5. The van der Waals surface area contributed by atoms with Crippen LogP contribution < -0.4 is 21.9 Å². The van der Waals surface area contributed by atoms with Crippen LogP contribution in [0.5, 0.6) is 0 Å². The number of anilines is 3. The highest BCUT2D eigenvalue weighted by molar-refractivity contribution is 6.30. The minimum atomic E-state index is -1.16. The maximum absolute atomic E-state index is 13.4.